The van der Waals surface area contributed by atoms with Crippen LogP contribution in [0.15, 0.2) is 0 Å². The van der Waals surface area contributed by atoms with Crippen LogP contribution in [0.5, 0.6) is 0 Å². The Balaban J connectivity index is 2.33. The molecule has 0 N–H and O–H groups in total. The molecule has 0 spiro atoms. The molecule has 1 saturated heterocycles. The van der Waals surface area contributed by atoms with Gasteiger partial charge in [-0.05, 0) is 24.2 Å². The molecular weight excluding hydrogens is 136 g/mol. The van der Waals surface area contributed by atoms with Crippen LogP contribution >= 0.6 is 0 Å². The second-order valence-electron chi connectivity index (χ2n) is 4.05. The van der Waals surface area contributed by atoms with E-state index < -0.39 is 0 Å². The molecule has 1 aliphatic rings. The van der Waals surface area contributed by atoms with Crippen LogP contribution in [-0.4, -0.2) is 13.2 Å². The Morgan fingerprint density at radius 1 is 1.36 bits per heavy atom. The molecule has 1 aliphatic heterocycles. The number of hydrogen-bond donors (Lipinski definition) is 0. The summed E-state index contributed by atoms with van der Waals surface area (Å²) in [5.41, 5.74) is 0. The summed E-state index contributed by atoms with van der Waals surface area (Å²) in [5.74, 6) is 2.44. The standard InChI is InChI=1S/C10H20O/c1-4-9-5-10(8(2)3)7-11-6-9/h8-10H,4-7H2,1-3H3. The molecule has 0 aromatic heterocycles. The SMILES string of the molecule is CCC1COCC(C(C)C)C1. The molecule has 1 nitrogen and oxygen atoms in total. The molecule has 0 bridgehead atoms. The zero-order chi connectivity index (χ0) is 8.27. The van der Waals surface area contributed by atoms with Gasteiger partial charge in [0, 0.05) is 13.2 Å². The van der Waals surface area contributed by atoms with Gasteiger partial charge in [-0.15, -0.1) is 0 Å². The van der Waals surface area contributed by atoms with Crippen molar-refractivity contribution in [1.29, 1.82) is 0 Å². The zero-order valence-electron chi connectivity index (χ0n) is 7.97. The second kappa shape index (κ2) is 4.10. The summed E-state index contributed by atoms with van der Waals surface area (Å²) in [4.78, 5) is 0. The maximum atomic E-state index is 5.55. The topological polar surface area (TPSA) is 9.23 Å². The van der Waals surface area contributed by atoms with Crippen molar-refractivity contribution < 1.29 is 4.74 Å². The largest absolute Gasteiger partial charge is 0.381 e. The van der Waals surface area contributed by atoms with E-state index in [4.69, 9.17) is 4.74 Å². The predicted octanol–water partition coefficient (Wildman–Crippen LogP) is 2.71. The molecule has 66 valence electrons. The maximum Gasteiger partial charge on any atom is 0.0496 e. The van der Waals surface area contributed by atoms with Crippen LogP contribution in [0.3, 0.4) is 0 Å². The fourth-order valence-electron chi connectivity index (χ4n) is 1.70. The molecule has 1 heterocycles. The van der Waals surface area contributed by atoms with E-state index in [9.17, 15) is 0 Å². The highest BCUT2D eigenvalue weighted by atomic mass is 16.5. The van der Waals surface area contributed by atoms with E-state index in [1.807, 2.05) is 0 Å². The van der Waals surface area contributed by atoms with Gasteiger partial charge < -0.3 is 4.74 Å². The average Bonchev–Trinajstić information content (AvgIpc) is 2.05. The first-order chi connectivity index (χ1) is 5.24. The van der Waals surface area contributed by atoms with Crippen LogP contribution in [-0.2, 0) is 4.74 Å². The van der Waals surface area contributed by atoms with Crippen LogP contribution in [0.25, 0.3) is 0 Å². The van der Waals surface area contributed by atoms with Crippen molar-refractivity contribution in [3.8, 4) is 0 Å². The highest BCUT2D eigenvalue weighted by Crippen LogP contribution is 2.27. The molecule has 0 amide bonds. The Morgan fingerprint density at radius 2 is 2.09 bits per heavy atom. The van der Waals surface area contributed by atoms with E-state index in [2.05, 4.69) is 20.8 Å². The number of hydrogen-bond acceptors (Lipinski definition) is 1. The fourth-order valence-corrected chi connectivity index (χ4v) is 1.70. The third kappa shape index (κ3) is 2.48. The van der Waals surface area contributed by atoms with Gasteiger partial charge in [-0.3, -0.25) is 0 Å². The molecule has 2 atom stereocenters. The van der Waals surface area contributed by atoms with Gasteiger partial charge >= 0.3 is 0 Å². The van der Waals surface area contributed by atoms with Gasteiger partial charge in [-0.25, -0.2) is 0 Å². The Morgan fingerprint density at radius 3 is 2.64 bits per heavy atom. The quantitative estimate of drug-likeness (QED) is 0.597. The highest BCUT2D eigenvalue weighted by molar-refractivity contribution is 4.71. The van der Waals surface area contributed by atoms with Crippen LogP contribution < -0.4 is 0 Å². The molecule has 0 saturated carbocycles. The van der Waals surface area contributed by atoms with E-state index >= 15 is 0 Å². The molecule has 0 aromatic rings. The number of rotatable bonds is 2. The van der Waals surface area contributed by atoms with Crippen molar-refractivity contribution in [2.24, 2.45) is 17.8 Å². The van der Waals surface area contributed by atoms with E-state index in [0.29, 0.717) is 0 Å². The normalized spacial score (nSPS) is 32.7. The summed E-state index contributed by atoms with van der Waals surface area (Å²) in [7, 11) is 0. The van der Waals surface area contributed by atoms with Gasteiger partial charge in [0.15, 0.2) is 0 Å². The van der Waals surface area contributed by atoms with Crippen molar-refractivity contribution >= 4 is 0 Å². The summed E-state index contributed by atoms with van der Waals surface area (Å²) in [6.07, 6.45) is 2.66. The Hall–Kier alpha value is -0.0400. The Kier molecular flexibility index (Phi) is 3.38. The molecule has 0 radical (unpaired) electrons. The average molecular weight is 156 g/mol. The lowest BCUT2D eigenvalue weighted by molar-refractivity contribution is -0.00144. The van der Waals surface area contributed by atoms with Crippen LogP contribution in [0.2, 0.25) is 0 Å². The smallest absolute Gasteiger partial charge is 0.0496 e. The first kappa shape index (κ1) is 9.05. The van der Waals surface area contributed by atoms with Crippen molar-refractivity contribution in [3.63, 3.8) is 0 Å². The minimum atomic E-state index is 0.796. The molecule has 1 fully saturated rings. The highest BCUT2D eigenvalue weighted by Gasteiger charge is 2.23. The molecule has 0 aliphatic carbocycles. The molecule has 11 heavy (non-hydrogen) atoms. The monoisotopic (exact) mass is 156 g/mol. The third-order valence-corrected chi connectivity index (χ3v) is 2.84. The van der Waals surface area contributed by atoms with Crippen molar-refractivity contribution in [2.75, 3.05) is 13.2 Å². The van der Waals surface area contributed by atoms with E-state index in [-0.39, 0.29) is 0 Å². The minimum Gasteiger partial charge on any atom is -0.381 e. The molecule has 1 rings (SSSR count). The third-order valence-electron chi connectivity index (χ3n) is 2.84. The predicted molar refractivity (Wildman–Crippen MR) is 47.5 cm³/mol. The summed E-state index contributed by atoms with van der Waals surface area (Å²) in [6.45, 7) is 8.85. The molecule has 2 unspecified atom stereocenters. The first-order valence-electron chi connectivity index (χ1n) is 4.81. The van der Waals surface area contributed by atoms with Crippen molar-refractivity contribution in [2.45, 2.75) is 33.6 Å². The van der Waals surface area contributed by atoms with Crippen molar-refractivity contribution in [3.05, 3.63) is 0 Å². The Labute approximate surface area is 70.1 Å². The second-order valence-corrected chi connectivity index (χ2v) is 4.05. The van der Waals surface area contributed by atoms with Gasteiger partial charge in [0.25, 0.3) is 0 Å². The lowest BCUT2D eigenvalue weighted by Crippen LogP contribution is -2.28. The minimum absolute atomic E-state index is 0.796. The van der Waals surface area contributed by atoms with Crippen LogP contribution in [0.1, 0.15) is 33.6 Å². The lowest BCUT2D eigenvalue weighted by atomic mass is 9.84. The van der Waals surface area contributed by atoms with Crippen LogP contribution in [0.4, 0.5) is 0 Å². The van der Waals surface area contributed by atoms with Crippen LogP contribution in [0, 0.1) is 17.8 Å². The van der Waals surface area contributed by atoms with Gasteiger partial charge in [0.2, 0.25) is 0 Å². The molecule has 0 aromatic carbocycles. The summed E-state index contributed by atoms with van der Waals surface area (Å²) in [5, 5.41) is 0. The van der Waals surface area contributed by atoms with Gasteiger partial charge in [-0.1, -0.05) is 27.2 Å². The first-order valence-corrected chi connectivity index (χ1v) is 4.81. The van der Waals surface area contributed by atoms with Gasteiger partial charge in [0.05, 0.1) is 0 Å². The summed E-state index contributed by atoms with van der Waals surface area (Å²) < 4.78 is 5.55. The van der Waals surface area contributed by atoms with Gasteiger partial charge in [-0.2, -0.15) is 0 Å². The van der Waals surface area contributed by atoms with E-state index in [1.54, 1.807) is 0 Å². The molecular formula is C10H20O. The number of ether oxygens (including phenoxy) is 1. The maximum absolute atomic E-state index is 5.55. The fraction of sp³-hybridized carbons (Fsp3) is 1.00. The van der Waals surface area contributed by atoms with Crippen molar-refractivity contribution in [1.82, 2.24) is 0 Å². The van der Waals surface area contributed by atoms with E-state index in [0.717, 1.165) is 31.0 Å². The molecule has 1 heteroatoms. The Bertz CT molecular complexity index is 109. The lowest BCUT2D eigenvalue weighted by Gasteiger charge is -2.30. The van der Waals surface area contributed by atoms with Gasteiger partial charge in [0.1, 0.15) is 0 Å². The summed E-state index contributed by atoms with van der Waals surface area (Å²) in [6, 6.07) is 0. The van der Waals surface area contributed by atoms with E-state index in [1.165, 1.54) is 12.8 Å². The zero-order valence-corrected chi connectivity index (χ0v) is 7.97. The summed E-state index contributed by atoms with van der Waals surface area (Å²) >= 11 is 0.